The summed E-state index contributed by atoms with van der Waals surface area (Å²) >= 11 is 0. The van der Waals surface area contributed by atoms with Crippen LogP contribution >= 0.6 is 0 Å². The smallest absolute Gasteiger partial charge is 0.130 e. The average Bonchev–Trinajstić information content (AvgIpc) is 3.82. The molecule has 0 spiro atoms. The van der Waals surface area contributed by atoms with Crippen molar-refractivity contribution < 1.29 is 18.9 Å². The molecule has 2 saturated heterocycles. The first-order valence-corrected chi connectivity index (χ1v) is 14.2. The Labute approximate surface area is 216 Å². The Morgan fingerprint density at radius 1 is 0.722 bits per heavy atom. The van der Waals surface area contributed by atoms with Gasteiger partial charge in [-0.2, -0.15) is 0 Å². The molecule has 1 saturated carbocycles. The SMILES string of the molecule is C1=CC(c2cccc(OC(C3CCCCCCC3)C3CO3)c2)CCC1c1ccc(OCC2CO2)cc1. The van der Waals surface area contributed by atoms with E-state index in [1.807, 2.05) is 0 Å². The summed E-state index contributed by atoms with van der Waals surface area (Å²) in [6, 6.07) is 17.4. The van der Waals surface area contributed by atoms with Crippen LogP contribution in [0.25, 0.3) is 0 Å². The second-order valence-electron chi connectivity index (χ2n) is 11.1. The van der Waals surface area contributed by atoms with Gasteiger partial charge < -0.3 is 18.9 Å². The molecule has 5 unspecified atom stereocenters. The summed E-state index contributed by atoms with van der Waals surface area (Å²) in [6.07, 6.45) is 17.2. The summed E-state index contributed by atoms with van der Waals surface area (Å²) in [7, 11) is 0. The van der Waals surface area contributed by atoms with Gasteiger partial charge in [0.1, 0.15) is 36.4 Å². The van der Waals surface area contributed by atoms with Crippen LogP contribution < -0.4 is 9.47 Å². The fraction of sp³-hybridized carbons (Fsp3) is 0.562. The Morgan fingerprint density at radius 3 is 2.08 bits per heavy atom. The van der Waals surface area contributed by atoms with Crippen LogP contribution in [0.2, 0.25) is 0 Å². The molecular weight excluding hydrogens is 448 g/mol. The second kappa shape index (κ2) is 11.4. The van der Waals surface area contributed by atoms with Gasteiger partial charge in [-0.3, -0.25) is 0 Å². The fourth-order valence-corrected chi connectivity index (χ4v) is 6.05. The van der Waals surface area contributed by atoms with Crippen LogP contribution in [-0.4, -0.2) is 38.1 Å². The summed E-state index contributed by atoms with van der Waals surface area (Å²) in [6.45, 7) is 2.34. The standard InChI is InChI=1S/C32H40O4/c1-2-4-7-26(8-5-3-1)32(31-22-35-31)36-29-10-6-9-27(19-29)25-13-11-23(12-14-25)24-15-17-28(18-16-24)33-20-30-21-34-30/h6,9-11,13,15-19,23,25-26,30-32H,1-5,7-8,12,14,20-22H2. The summed E-state index contributed by atoms with van der Waals surface area (Å²) in [5.74, 6) is 3.48. The third-order valence-corrected chi connectivity index (χ3v) is 8.41. The molecule has 2 heterocycles. The van der Waals surface area contributed by atoms with E-state index in [-0.39, 0.29) is 12.2 Å². The van der Waals surface area contributed by atoms with Gasteiger partial charge in [0.25, 0.3) is 0 Å². The first-order chi connectivity index (χ1) is 17.8. The first kappa shape index (κ1) is 24.1. The van der Waals surface area contributed by atoms with Crippen molar-refractivity contribution in [2.75, 3.05) is 19.8 Å². The number of rotatable bonds is 9. The van der Waals surface area contributed by atoms with Crippen LogP contribution in [0.4, 0.5) is 0 Å². The van der Waals surface area contributed by atoms with E-state index in [9.17, 15) is 0 Å². The van der Waals surface area contributed by atoms with E-state index in [2.05, 4.69) is 60.7 Å². The molecule has 0 aromatic heterocycles. The van der Waals surface area contributed by atoms with Crippen molar-refractivity contribution in [1.82, 2.24) is 0 Å². The molecule has 0 radical (unpaired) electrons. The maximum atomic E-state index is 6.68. The summed E-state index contributed by atoms with van der Waals surface area (Å²) in [5.41, 5.74) is 2.73. The number of hydrogen-bond acceptors (Lipinski definition) is 4. The van der Waals surface area contributed by atoms with Gasteiger partial charge in [0.05, 0.1) is 13.2 Å². The molecule has 4 nitrogen and oxygen atoms in total. The van der Waals surface area contributed by atoms with E-state index in [0.29, 0.717) is 30.5 Å². The molecule has 0 N–H and O–H groups in total. The van der Waals surface area contributed by atoms with Crippen molar-refractivity contribution >= 4 is 0 Å². The Balaban J connectivity index is 1.07. The monoisotopic (exact) mass is 488 g/mol. The van der Waals surface area contributed by atoms with Gasteiger partial charge in [0.15, 0.2) is 0 Å². The first-order valence-electron chi connectivity index (χ1n) is 14.2. The average molecular weight is 489 g/mol. The topological polar surface area (TPSA) is 43.5 Å². The van der Waals surface area contributed by atoms with E-state index in [0.717, 1.165) is 37.6 Å². The summed E-state index contributed by atoms with van der Waals surface area (Å²) in [4.78, 5) is 0. The minimum atomic E-state index is 0.202. The highest BCUT2D eigenvalue weighted by atomic mass is 16.6. The van der Waals surface area contributed by atoms with Crippen LogP contribution in [-0.2, 0) is 9.47 Å². The van der Waals surface area contributed by atoms with Crippen LogP contribution in [0.3, 0.4) is 0 Å². The number of allylic oxidation sites excluding steroid dienone is 2. The predicted molar refractivity (Wildman–Crippen MR) is 142 cm³/mol. The number of hydrogen-bond donors (Lipinski definition) is 0. The molecule has 0 bridgehead atoms. The van der Waals surface area contributed by atoms with Gasteiger partial charge >= 0.3 is 0 Å². The van der Waals surface area contributed by atoms with Gasteiger partial charge in [-0.1, -0.05) is 68.5 Å². The maximum absolute atomic E-state index is 6.68. The molecule has 36 heavy (non-hydrogen) atoms. The van der Waals surface area contributed by atoms with E-state index in [4.69, 9.17) is 18.9 Å². The molecule has 0 amide bonds. The van der Waals surface area contributed by atoms with Gasteiger partial charge in [-0.25, -0.2) is 0 Å². The largest absolute Gasteiger partial charge is 0.491 e. The van der Waals surface area contributed by atoms with Gasteiger partial charge in [-0.15, -0.1) is 0 Å². The molecular formula is C32H40O4. The molecule has 192 valence electrons. The molecule has 2 aliphatic heterocycles. The number of benzene rings is 2. The minimum Gasteiger partial charge on any atom is -0.491 e. The lowest BCUT2D eigenvalue weighted by Crippen LogP contribution is -2.33. The van der Waals surface area contributed by atoms with Crippen molar-refractivity contribution in [3.63, 3.8) is 0 Å². The molecule has 2 aliphatic carbocycles. The highest BCUT2D eigenvalue weighted by Gasteiger charge is 2.39. The zero-order valence-corrected chi connectivity index (χ0v) is 21.4. The van der Waals surface area contributed by atoms with Crippen molar-refractivity contribution in [3.8, 4) is 11.5 Å². The molecule has 3 fully saturated rings. The lowest BCUT2D eigenvalue weighted by molar-refractivity contribution is 0.0852. The van der Waals surface area contributed by atoms with Crippen LogP contribution in [0, 0.1) is 5.92 Å². The fourth-order valence-electron chi connectivity index (χ4n) is 6.05. The van der Waals surface area contributed by atoms with Crippen LogP contribution in [0.5, 0.6) is 11.5 Å². The highest BCUT2D eigenvalue weighted by Crippen LogP contribution is 2.38. The molecule has 2 aromatic rings. The molecule has 4 heteroatoms. The molecule has 6 rings (SSSR count). The number of ether oxygens (including phenoxy) is 4. The van der Waals surface area contributed by atoms with E-state index >= 15 is 0 Å². The lowest BCUT2D eigenvalue weighted by Gasteiger charge is -2.29. The van der Waals surface area contributed by atoms with Crippen LogP contribution in [0.15, 0.2) is 60.7 Å². The Bertz CT molecular complexity index is 999. The normalized spacial score (nSPS) is 29.1. The van der Waals surface area contributed by atoms with Crippen molar-refractivity contribution in [2.45, 2.75) is 87.9 Å². The Kier molecular flexibility index (Phi) is 7.62. The van der Waals surface area contributed by atoms with Crippen LogP contribution in [0.1, 0.15) is 80.8 Å². The van der Waals surface area contributed by atoms with Gasteiger partial charge in [0, 0.05) is 11.8 Å². The van der Waals surface area contributed by atoms with Crippen molar-refractivity contribution in [2.24, 2.45) is 5.92 Å². The summed E-state index contributed by atoms with van der Waals surface area (Å²) < 4.78 is 23.4. The molecule has 2 aromatic carbocycles. The third kappa shape index (κ3) is 6.33. The predicted octanol–water partition coefficient (Wildman–Crippen LogP) is 7.19. The van der Waals surface area contributed by atoms with E-state index in [1.54, 1.807) is 0 Å². The quantitative estimate of drug-likeness (QED) is 0.277. The van der Waals surface area contributed by atoms with Gasteiger partial charge in [-0.05, 0) is 67.0 Å². The van der Waals surface area contributed by atoms with Crippen molar-refractivity contribution in [3.05, 3.63) is 71.8 Å². The maximum Gasteiger partial charge on any atom is 0.130 e. The highest BCUT2D eigenvalue weighted by molar-refractivity contribution is 5.37. The molecule has 4 aliphatic rings. The summed E-state index contributed by atoms with van der Waals surface area (Å²) in [5, 5.41) is 0. The Morgan fingerprint density at radius 2 is 1.42 bits per heavy atom. The number of epoxide rings is 2. The zero-order chi connectivity index (χ0) is 24.2. The molecule has 5 atom stereocenters. The van der Waals surface area contributed by atoms with Crippen molar-refractivity contribution in [1.29, 1.82) is 0 Å². The van der Waals surface area contributed by atoms with Gasteiger partial charge in [0.2, 0.25) is 0 Å². The van der Waals surface area contributed by atoms with E-state index < -0.39 is 0 Å². The minimum absolute atomic E-state index is 0.202. The Hall–Kier alpha value is -2.30. The third-order valence-electron chi connectivity index (χ3n) is 8.41. The zero-order valence-electron chi connectivity index (χ0n) is 21.4. The van der Waals surface area contributed by atoms with E-state index in [1.165, 1.54) is 56.1 Å². The second-order valence-corrected chi connectivity index (χ2v) is 11.1. The lowest BCUT2D eigenvalue weighted by atomic mass is 9.81.